The van der Waals surface area contributed by atoms with Gasteiger partial charge in [0.25, 0.3) is 0 Å². The molecule has 0 saturated heterocycles. The van der Waals surface area contributed by atoms with Crippen molar-refractivity contribution < 1.29 is 17.3 Å². The third-order valence-electron chi connectivity index (χ3n) is 1.28. The molecule has 3 nitrogen and oxygen atoms in total. The molecule has 8 heteroatoms. The van der Waals surface area contributed by atoms with Gasteiger partial charge in [0.05, 0.1) is 0 Å². The largest absolute Gasteiger partial charge is 0.673 e. The molecule has 1 aromatic rings. The van der Waals surface area contributed by atoms with Gasteiger partial charge < -0.3 is 22.6 Å². The Bertz CT molecular complexity index is 341. The molecule has 0 aliphatic heterocycles. The summed E-state index contributed by atoms with van der Waals surface area (Å²) in [5.74, 6) is 0. The van der Waals surface area contributed by atoms with Crippen LogP contribution in [0.1, 0.15) is 0 Å². The second-order valence-corrected chi connectivity index (χ2v) is 2.36. The van der Waals surface area contributed by atoms with Crippen LogP contribution in [-0.2, 0) is 0 Å². The average Bonchev–Trinajstić information content (AvgIpc) is 2.15. The molecule has 0 aromatic heterocycles. The van der Waals surface area contributed by atoms with E-state index in [-0.39, 0.29) is 0 Å². The summed E-state index contributed by atoms with van der Waals surface area (Å²) in [6, 6.07) is 7.26. The number of hydrogen-bond acceptors (Lipinski definition) is 2. The van der Waals surface area contributed by atoms with Crippen LogP contribution in [0.3, 0.4) is 0 Å². The van der Waals surface area contributed by atoms with Gasteiger partial charge in [-0.1, -0.05) is 12.1 Å². The summed E-state index contributed by atoms with van der Waals surface area (Å²) in [4.78, 5) is 3.08. The first-order valence-electron chi connectivity index (χ1n) is 3.87. The Morgan fingerprint density at radius 2 is 1.67 bits per heavy atom. The monoisotopic (exact) mass is 221 g/mol. The van der Waals surface area contributed by atoms with E-state index in [2.05, 4.69) is 10.3 Å². The minimum Gasteiger partial charge on any atom is -0.418 e. The lowest BCUT2D eigenvalue weighted by molar-refractivity contribution is 0.368. The van der Waals surface area contributed by atoms with Crippen LogP contribution >= 0.6 is 0 Å². The number of nitrogens with one attached hydrogen (secondary N) is 1. The molecule has 0 radical (unpaired) electrons. The first kappa shape index (κ1) is 13.2. The first-order valence-corrected chi connectivity index (χ1v) is 3.87. The zero-order chi connectivity index (χ0) is 11.9. The molecular weight excluding hydrogens is 213 g/mol. The van der Waals surface area contributed by atoms with Crippen molar-refractivity contribution in [3.05, 3.63) is 29.2 Å². The zero-order valence-corrected chi connectivity index (χ0v) is 7.79. The topological polar surface area (TPSA) is 40.2 Å². The number of hydrogen-bond donors (Lipinski definition) is 1. The number of benzene rings is 1. The Balaban J connectivity index is 0.000000336. The zero-order valence-electron chi connectivity index (χ0n) is 7.79. The number of diazo groups is 1. The number of halogens is 4. The summed E-state index contributed by atoms with van der Waals surface area (Å²) in [5.41, 5.74) is 1.38. The van der Waals surface area contributed by atoms with Crippen molar-refractivity contribution in [3.8, 4) is 0 Å². The van der Waals surface area contributed by atoms with Crippen molar-refractivity contribution in [2.45, 2.75) is 0 Å². The fraction of sp³-hybridized carbons (Fsp3) is 0.143. The van der Waals surface area contributed by atoms with Gasteiger partial charge >= 0.3 is 12.9 Å². The minimum absolute atomic E-state index is 0.560. The lowest BCUT2D eigenvalue weighted by Crippen LogP contribution is -2.02. The number of nitrogens with zero attached hydrogens (tertiary/aromatic N) is 2. The van der Waals surface area contributed by atoms with E-state index in [0.29, 0.717) is 5.69 Å². The van der Waals surface area contributed by atoms with E-state index in [1.54, 1.807) is 13.1 Å². The van der Waals surface area contributed by atoms with E-state index in [1.807, 2.05) is 18.2 Å². The Labute approximate surface area is 83.8 Å². The quantitative estimate of drug-likeness (QED) is 0.447. The van der Waals surface area contributed by atoms with Gasteiger partial charge in [0.1, 0.15) is 5.69 Å². The van der Waals surface area contributed by atoms with Gasteiger partial charge in [-0.15, -0.1) is 0 Å². The van der Waals surface area contributed by atoms with Crippen molar-refractivity contribution in [1.29, 1.82) is 5.39 Å². The van der Waals surface area contributed by atoms with E-state index in [4.69, 9.17) is 5.39 Å². The third-order valence-corrected chi connectivity index (χ3v) is 1.28. The van der Waals surface area contributed by atoms with E-state index >= 15 is 0 Å². The summed E-state index contributed by atoms with van der Waals surface area (Å²) in [6.07, 6.45) is 0. The Hall–Kier alpha value is -1.78. The number of rotatable bonds is 1. The predicted molar refractivity (Wildman–Crippen MR) is 50.9 cm³/mol. The molecular formula is C7H8BF4N3. The van der Waals surface area contributed by atoms with Crippen LogP contribution in [0.25, 0.3) is 4.98 Å². The first-order chi connectivity index (χ1) is 6.88. The highest BCUT2D eigenvalue weighted by Gasteiger charge is 2.20. The summed E-state index contributed by atoms with van der Waals surface area (Å²) in [6.45, 7) is 0. The molecule has 15 heavy (non-hydrogen) atoms. The lowest BCUT2D eigenvalue weighted by Gasteiger charge is -1.94. The number of anilines is 1. The van der Waals surface area contributed by atoms with E-state index < -0.39 is 7.25 Å². The molecule has 0 aliphatic carbocycles. The summed E-state index contributed by atoms with van der Waals surface area (Å²) < 4.78 is 39.0. The van der Waals surface area contributed by atoms with Crippen molar-refractivity contribution in [2.24, 2.45) is 0 Å². The van der Waals surface area contributed by atoms with Crippen molar-refractivity contribution in [1.82, 2.24) is 0 Å². The van der Waals surface area contributed by atoms with Gasteiger partial charge in [-0.25, -0.2) is 0 Å². The van der Waals surface area contributed by atoms with Crippen molar-refractivity contribution in [2.75, 3.05) is 12.4 Å². The molecule has 0 atom stereocenters. The van der Waals surface area contributed by atoms with Gasteiger partial charge in [-0.2, -0.15) is 0 Å². The highest BCUT2D eigenvalue weighted by Crippen LogP contribution is 2.22. The van der Waals surface area contributed by atoms with Crippen LogP contribution in [0, 0.1) is 5.39 Å². The Kier molecular flexibility index (Phi) is 5.16. The maximum Gasteiger partial charge on any atom is 0.673 e. The van der Waals surface area contributed by atoms with Crippen molar-refractivity contribution in [3.63, 3.8) is 0 Å². The van der Waals surface area contributed by atoms with E-state index in [0.717, 1.165) is 5.69 Å². The molecule has 0 amide bonds. The maximum absolute atomic E-state index is 9.75. The minimum atomic E-state index is -6.00. The van der Waals surface area contributed by atoms with E-state index in [1.165, 1.54) is 0 Å². The van der Waals surface area contributed by atoms with Gasteiger partial charge in [-0.3, -0.25) is 0 Å². The smallest absolute Gasteiger partial charge is 0.418 e. The highest BCUT2D eigenvalue weighted by molar-refractivity contribution is 6.50. The lowest BCUT2D eigenvalue weighted by atomic mass is 10.3. The molecule has 82 valence electrons. The van der Waals surface area contributed by atoms with Gasteiger partial charge in [0, 0.05) is 13.1 Å². The SMILES string of the molecule is CNc1ccccc1[N+]#N.F[B-](F)(F)F. The van der Waals surface area contributed by atoms with Crippen LogP contribution < -0.4 is 5.32 Å². The molecule has 0 unspecified atom stereocenters. The normalized spacial score (nSPS) is 9.60. The van der Waals surface area contributed by atoms with Crippen LogP contribution in [0.5, 0.6) is 0 Å². The molecule has 0 spiro atoms. The van der Waals surface area contributed by atoms with Gasteiger partial charge in [-0.05, 0) is 6.07 Å². The van der Waals surface area contributed by atoms with Crippen LogP contribution in [0.4, 0.5) is 28.6 Å². The van der Waals surface area contributed by atoms with Crippen LogP contribution in [0.2, 0.25) is 0 Å². The highest BCUT2D eigenvalue weighted by atomic mass is 19.5. The molecule has 0 heterocycles. The number of para-hydroxylation sites is 1. The molecule has 0 fully saturated rings. The van der Waals surface area contributed by atoms with Gasteiger partial charge in [0.2, 0.25) is 5.39 Å². The average molecular weight is 221 g/mol. The fourth-order valence-corrected chi connectivity index (χ4v) is 0.772. The van der Waals surface area contributed by atoms with E-state index in [9.17, 15) is 17.3 Å². The maximum atomic E-state index is 9.75. The Morgan fingerprint density at radius 3 is 2.00 bits per heavy atom. The fourth-order valence-electron chi connectivity index (χ4n) is 0.772. The van der Waals surface area contributed by atoms with Crippen LogP contribution in [0.15, 0.2) is 24.3 Å². The summed E-state index contributed by atoms with van der Waals surface area (Å²) >= 11 is 0. The van der Waals surface area contributed by atoms with Crippen LogP contribution in [-0.4, -0.2) is 14.3 Å². The second kappa shape index (κ2) is 5.85. The summed E-state index contributed by atoms with van der Waals surface area (Å²) in [5, 5.41) is 11.3. The second-order valence-electron chi connectivity index (χ2n) is 2.36. The third kappa shape index (κ3) is 7.31. The molecule has 0 saturated carbocycles. The summed E-state index contributed by atoms with van der Waals surface area (Å²) in [7, 11) is -4.22. The standard InChI is InChI=1S/C7H8N3.BF4/c1-9-6-4-2-3-5-7(6)10-8;2-1(3,4)5/h2-5,9H,1H3;/q+1;-1. The Morgan fingerprint density at radius 1 is 1.20 bits per heavy atom. The predicted octanol–water partition coefficient (Wildman–Crippen LogP) is 3.51. The van der Waals surface area contributed by atoms with Crippen molar-refractivity contribution >= 4 is 18.6 Å². The molecule has 0 aliphatic rings. The molecule has 1 aromatic carbocycles. The molecule has 1 N–H and O–H groups in total. The molecule has 0 bridgehead atoms. The molecule has 1 rings (SSSR count). The van der Waals surface area contributed by atoms with Gasteiger partial charge in [0.15, 0.2) is 4.98 Å².